The molecule has 3 N–H and O–H groups in total. The van der Waals surface area contributed by atoms with Crippen LogP contribution in [0.15, 0.2) is 49.1 Å². The van der Waals surface area contributed by atoms with E-state index >= 15 is 0 Å². The quantitative estimate of drug-likeness (QED) is 0.246. The first-order chi connectivity index (χ1) is 24.0. The Morgan fingerprint density at radius 1 is 1.06 bits per heavy atom. The largest absolute Gasteiger partial charge is 0.475 e. The van der Waals surface area contributed by atoms with Crippen LogP contribution in [-0.2, 0) is 16.6 Å². The molecule has 0 aliphatic carbocycles. The standard InChI is InChI=1S/C35H41N11O3S/c1-21(2)49-28-8-5-24(17-38-28)29(37)30-25(36)6-7-27(41-30)46-16-12-35(34(46)48)11-15-45(19-35)22(3)33(47)44-13-9-23(10-14-44)32-39-18-26(50-32)31-40-20-43(4)42-31/h5-9,17-18,20-22,37H,10-16,19,36H2,1-4H3/t22?,35-/m0/s1. The van der Waals surface area contributed by atoms with Gasteiger partial charge in [-0.15, -0.1) is 11.3 Å². The van der Waals surface area contributed by atoms with Gasteiger partial charge in [0.2, 0.25) is 17.7 Å². The van der Waals surface area contributed by atoms with Gasteiger partial charge in [0.25, 0.3) is 0 Å². The van der Waals surface area contributed by atoms with Crippen LogP contribution >= 0.6 is 11.3 Å². The summed E-state index contributed by atoms with van der Waals surface area (Å²) in [6, 6.07) is 6.55. The van der Waals surface area contributed by atoms with E-state index in [1.807, 2.05) is 32.7 Å². The molecule has 2 saturated heterocycles. The molecule has 7 heterocycles. The van der Waals surface area contributed by atoms with Gasteiger partial charge in [0.15, 0.2) is 5.82 Å². The minimum atomic E-state index is -0.582. The van der Waals surface area contributed by atoms with E-state index in [0.717, 1.165) is 21.9 Å². The second-order valence-corrected chi connectivity index (χ2v) is 14.5. The maximum atomic E-state index is 14.0. The number of aromatic nitrogens is 6. The number of pyridine rings is 2. The number of rotatable bonds is 9. The first kappa shape index (κ1) is 33.5. The van der Waals surface area contributed by atoms with Gasteiger partial charge in [0.1, 0.15) is 22.8 Å². The van der Waals surface area contributed by atoms with Crippen LogP contribution in [0, 0.1) is 10.8 Å². The van der Waals surface area contributed by atoms with Crippen molar-refractivity contribution < 1.29 is 14.3 Å². The van der Waals surface area contributed by atoms with Gasteiger partial charge in [-0.25, -0.2) is 19.9 Å². The Labute approximate surface area is 294 Å². The predicted octanol–water partition coefficient (Wildman–Crippen LogP) is 3.65. The summed E-state index contributed by atoms with van der Waals surface area (Å²) in [5.41, 5.74) is 8.12. The zero-order valence-corrected chi connectivity index (χ0v) is 29.5. The number of amides is 2. The van der Waals surface area contributed by atoms with Crippen molar-refractivity contribution in [3.8, 4) is 16.6 Å². The Morgan fingerprint density at radius 2 is 1.88 bits per heavy atom. The molecule has 3 aliphatic rings. The summed E-state index contributed by atoms with van der Waals surface area (Å²) in [6.45, 7) is 8.62. The van der Waals surface area contributed by atoms with Crippen LogP contribution in [0.2, 0.25) is 0 Å². The number of nitrogen functional groups attached to an aromatic ring is 1. The number of likely N-dealkylation sites (tertiary alicyclic amines) is 1. The molecule has 3 aliphatic heterocycles. The van der Waals surface area contributed by atoms with Crippen molar-refractivity contribution in [2.75, 3.05) is 43.4 Å². The zero-order chi connectivity index (χ0) is 35.2. The minimum absolute atomic E-state index is 0.000484. The Kier molecular flexibility index (Phi) is 8.95. The molecule has 4 aromatic rings. The third-order valence-corrected chi connectivity index (χ3v) is 10.8. The lowest BCUT2D eigenvalue weighted by Gasteiger charge is -2.32. The van der Waals surface area contributed by atoms with Gasteiger partial charge < -0.3 is 15.4 Å². The Balaban J connectivity index is 0.979. The minimum Gasteiger partial charge on any atom is -0.475 e. The second kappa shape index (κ2) is 13.4. The predicted molar refractivity (Wildman–Crippen MR) is 191 cm³/mol. The molecule has 4 aromatic heterocycles. The number of nitrogens with two attached hydrogens (primary N) is 1. The molecule has 1 spiro atoms. The van der Waals surface area contributed by atoms with E-state index in [9.17, 15) is 9.59 Å². The average Bonchev–Trinajstić information content (AvgIpc) is 3.93. The lowest BCUT2D eigenvalue weighted by molar-refractivity contribution is -0.136. The topological polar surface area (TPSA) is 172 Å². The molecule has 7 rings (SSSR count). The van der Waals surface area contributed by atoms with Gasteiger partial charge in [-0.1, -0.05) is 6.08 Å². The highest BCUT2D eigenvalue weighted by Gasteiger charge is 2.52. The van der Waals surface area contributed by atoms with E-state index in [0.29, 0.717) is 80.0 Å². The van der Waals surface area contributed by atoms with Gasteiger partial charge in [-0.05, 0) is 63.8 Å². The fraction of sp³-hybridized carbons (Fsp3) is 0.429. The molecule has 14 nitrogen and oxygen atoms in total. The fourth-order valence-corrected chi connectivity index (χ4v) is 7.82. The summed E-state index contributed by atoms with van der Waals surface area (Å²) in [5, 5.41) is 14.1. The van der Waals surface area contributed by atoms with Crippen molar-refractivity contribution in [1.82, 2.24) is 39.5 Å². The van der Waals surface area contributed by atoms with Gasteiger partial charge in [0.05, 0.1) is 33.8 Å². The zero-order valence-electron chi connectivity index (χ0n) is 28.7. The number of carbonyl (C=O) groups excluding carboxylic acids is 2. The normalized spacial score (nSPS) is 20.2. The van der Waals surface area contributed by atoms with Crippen LogP contribution in [0.1, 0.15) is 56.3 Å². The van der Waals surface area contributed by atoms with Crippen LogP contribution in [0.25, 0.3) is 16.3 Å². The number of hydrogen-bond donors (Lipinski definition) is 2. The Hall–Kier alpha value is -5.02. The van der Waals surface area contributed by atoms with Crippen LogP contribution < -0.4 is 15.4 Å². The number of aryl methyl sites for hydroxylation is 1. The highest BCUT2D eigenvalue weighted by atomic mass is 32.1. The number of ether oxygens (including phenoxy) is 1. The maximum Gasteiger partial charge on any atom is 0.239 e. The monoisotopic (exact) mass is 695 g/mol. The van der Waals surface area contributed by atoms with Crippen molar-refractivity contribution in [2.24, 2.45) is 12.5 Å². The lowest BCUT2D eigenvalue weighted by atomic mass is 9.85. The number of hydrogen-bond acceptors (Lipinski definition) is 12. The summed E-state index contributed by atoms with van der Waals surface area (Å²) in [6.07, 6.45) is 9.19. The van der Waals surface area contributed by atoms with E-state index in [-0.39, 0.29) is 29.7 Å². The second-order valence-electron chi connectivity index (χ2n) is 13.5. The molecule has 0 aromatic carbocycles. The highest BCUT2D eigenvalue weighted by molar-refractivity contribution is 7.16. The van der Waals surface area contributed by atoms with Crippen LogP contribution in [0.3, 0.4) is 0 Å². The lowest BCUT2D eigenvalue weighted by Crippen LogP contribution is -2.48. The Bertz CT molecular complexity index is 1970. The number of nitrogens with one attached hydrogen (secondary N) is 1. The van der Waals surface area contributed by atoms with E-state index in [1.165, 1.54) is 0 Å². The van der Waals surface area contributed by atoms with E-state index in [1.54, 1.807) is 63.9 Å². The highest BCUT2D eigenvalue weighted by Crippen LogP contribution is 2.43. The van der Waals surface area contributed by atoms with Crippen molar-refractivity contribution in [3.63, 3.8) is 0 Å². The number of anilines is 2. The van der Waals surface area contributed by atoms with Crippen LogP contribution in [-0.4, -0.2) is 102 Å². The third kappa shape index (κ3) is 6.38. The van der Waals surface area contributed by atoms with Gasteiger partial charge >= 0.3 is 0 Å². The van der Waals surface area contributed by atoms with Crippen molar-refractivity contribution in [2.45, 2.75) is 52.2 Å². The van der Waals surface area contributed by atoms with Gasteiger partial charge in [-0.2, -0.15) is 5.10 Å². The first-order valence-corrected chi connectivity index (χ1v) is 17.7. The van der Waals surface area contributed by atoms with Crippen LogP contribution in [0.4, 0.5) is 11.5 Å². The van der Waals surface area contributed by atoms with Gasteiger partial charge in [-0.3, -0.25) is 29.5 Å². The molecule has 2 fully saturated rings. The summed E-state index contributed by atoms with van der Waals surface area (Å²) in [4.78, 5) is 52.3. The molecule has 260 valence electrons. The fourth-order valence-electron chi connectivity index (χ4n) is 6.90. The summed E-state index contributed by atoms with van der Waals surface area (Å²) in [5.74, 6) is 1.67. The molecule has 0 saturated carbocycles. The first-order valence-electron chi connectivity index (χ1n) is 16.9. The third-order valence-electron chi connectivity index (χ3n) is 9.73. The molecule has 0 radical (unpaired) electrons. The summed E-state index contributed by atoms with van der Waals surface area (Å²) in [7, 11) is 1.84. The van der Waals surface area contributed by atoms with Crippen molar-refractivity contribution >= 4 is 45.9 Å². The van der Waals surface area contributed by atoms with E-state index in [4.69, 9.17) is 20.9 Å². The molecule has 50 heavy (non-hydrogen) atoms. The number of nitrogens with zero attached hydrogens (tertiary/aromatic N) is 9. The van der Waals surface area contributed by atoms with Crippen molar-refractivity contribution in [3.05, 3.63) is 65.3 Å². The molecule has 1 unspecified atom stereocenters. The maximum absolute atomic E-state index is 14.0. The molecule has 2 atom stereocenters. The SMILES string of the molecule is CC(C)Oc1ccc(C(=N)c2nc(N3CC[C@]4(CCN(C(C)C(=O)N5CC=C(c6ncc(-c7ncn(C)n7)s6)CC5)C4)C3=O)ccc2N)cn1. The van der Waals surface area contributed by atoms with Crippen LogP contribution in [0.5, 0.6) is 5.88 Å². The molecule has 2 amide bonds. The molecule has 0 bridgehead atoms. The molecular weight excluding hydrogens is 655 g/mol. The number of thiazole rings is 1. The molecule has 15 heteroatoms. The summed E-state index contributed by atoms with van der Waals surface area (Å²) < 4.78 is 7.29. The number of carbonyl (C=O) groups is 2. The smallest absolute Gasteiger partial charge is 0.239 e. The van der Waals surface area contributed by atoms with E-state index < -0.39 is 5.41 Å². The Morgan fingerprint density at radius 3 is 2.58 bits per heavy atom. The van der Waals surface area contributed by atoms with Crippen molar-refractivity contribution in [1.29, 1.82) is 5.41 Å². The average molecular weight is 696 g/mol. The summed E-state index contributed by atoms with van der Waals surface area (Å²) >= 11 is 1.56. The van der Waals surface area contributed by atoms with Gasteiger partial charge in [0, 0.05) is 63.8 Å². The molecular formula is C35H41N11O3S. The van der Waals surface area contributed by atoms with E-state index in [2.05, 4.69) is 31.0 Å².